The largest absolute Gasteiger partial charge is 0.327 e. The highest BCUT2D eigenvalue weighted by atomic mass is 16.6. The Hall–Kier alpha value is -4.01. The number of para-hydroxylation sites is 2. The molecule has 0 unspecified atom stereocenters. The number of carbonyl (C=O) groups is 1. The summed E-state index contributed by atoms with van der Waals surface area (Å²) >= 11 is 0. The van der Waals surface area contributed by atoms with Crippen molar-refractivity contribution in [1.29, 1.82) is 0 Å². The maximum Gasteiger partial charge on any atom is 0.277 e. The van der Waals surface area contributed by atoms with Gasteiger partial charge < -0.3 is 4.57 Å². The van der Waals surface area contributed by atoms with Crippen LogP contribution in [0.25, 0.3) is 16.7 Å². The molecular weight excluding hydrogens is 360 g/mol. The number of amides is 1. The van der Waals surface area contributed by atoms with Crippen LogP contribution in [0.5, 0.6) is 0 Å². The maximum absolute atomic E-state index is 12.7. The molecule has 2 aromatic heterocycles. The van der Waals surface area contributed by atoms with Crippen molar-refractivity contribution in [2.75, 3.05) is 0 Å². The van der Waals surface area contributed by atoms with Crippen molar-refractivity contribution in [3.05, 3.63) is 75.5 Å². The first-order valence-electron chi connectivity index (χ1n) is 8.48. The zero-order chi connectivity index (χ0) is 19.8. The molecule has 9 nitrogen and oxygen atoms in total. The lowest BCUT2D eigenvalue weighted by Crippen LogP contribution is -2.19. The molecule has 0 saturated heterocycles. The van der Waals surface area contributed by atoms with Crippen LogP contribution in [0.4, 0.5) is 5.69 Å². The molecule has 0 aliphatic carbocycles. The minimum Gasteiger partial charge on any atom is -0.327 e. The minimum atomic E-state index is -0.472. The lowest BCUT2D eigenvalue weighted by atomic mass is 10.2. The van der Waals surface area contributed by atoms with Gasteiger partial charge in [0.05, 0.1) is 27.9 Å². The van der Waals surface area contributed by atoms with Crippen molar-refractivity contribution >= 4 is 34.5 Å². The number of hydrogen-bond donors (Lipinski definition) is 1. The second-order valence-corrected chi connectivity index (χ2v) is 6.29. The number of aryl methyl sites for hydroxylation is 2. The number of carbonyl (C=O) groups excluding carboxylic acids is 1. The highest BCUT2D eigenvalue weighted by Gasteiger charge is 2.22. The summed E-state index contributed by atoms with van der Waals surface area (Å²) in [7, 11) is 1.88. The third kappa shape index (κ3) is 2.78. The van der Waals surface area contributed by atoms with E-state index in [9.17, 15) is 14.9 Å². The number of nitrogens with zero attached hydrogens (tertiary/aromatic N) is 5. The number of rotatable bonds is 4. The summed E-state index contributed by atoms with van der Waals surface area (Å²) in [5.74, 6) is -0.378. The monoisotopic (exact) mass is 376 g/mol. The fourth-order valence-electron chi connectivity index (χ4n) is 3.20. The number of fused-ring (bicyclic) bond motifs is 3. The van der Waals surface area contributed by atoms with Crippen LogP contribution in [0.1, 0.15) is 21.6 Å². The Balaban J connectivity index is 1.62. The van der Waals surface area contributed by atoms with E-state index in [1.165, 1.54) is 18.3 Å². The number of non-ortho nitro benzene ring substituents is 1. The van der Waals surface area contributed by atoms with Crippen LogP contribution in [-0.4, -0.2) is 31.2 Å². The number of hydrazone groups is 1. The van der Waals surface area contributed by atoms with Crippen LogP contribution in [0.3, 0.4) is 0 Å². The molecular formula is C19H16N6O3. The third-order valence-electron chi connectivity index (χ3n) is 4.54. The topological polar surface area (TPSA) is 107 Å². The molecule has 1 amide bonds. The average Bonchev–Trinajstić information content (AvgIpc) is 3.16. The molecule has 4 aromatic rings. The van der Waals surface area contributed by atoms with Crippen LogP contribution in [-0.2, 0) is 7.05 Å². The van der Waals surface area contributed by atoms with Crippen LogP contribution >= 0.6 is 0 Å². The average molecular weight is 376 g/mol. The molecule has 2 heterocycles. The van der Waals surface area contributed by atoms with Crippen LogP contribution < -0.4 is 5.43 Å². The Labute approximate surface area is 159 Å². The summed E-state index contributed by atoms with van der Waals surface area (Å²) in [4.78, 5) is 22.9. The van der Waals surface area contributed by atoms with E-state index in [0.717, 1.165) is 11.0 Å². The van der Waals surface area contributed by atoms with Crippen molar-refractivity contribution in [2.24, 2.45) is 12.1 Å². The summed E-state index contributed by atoms with van der Waals surface area (Å²) in [6.45, 7) is 1.77. The quantitative estimate of drug-likeness (QED) is 0.336. The Morgan fingerprint density at radius 3 is 2.54 bits per heavy atom. The van der Waals surface area contributed by atoms with Gasteiger partial charge >= 0.3 is 0 Å². The smallest absolute Gasteiger partial charge is 0.277 e. The lowest BCUT2D eigenvalue weighted by Gasteiger charge is -2.01. The fourth-order valence-corrected chi connectivity index (χ4v) is 3.20. The van der Waals surface area contributed by atoms with Crippen LogP contribution in [0, 0.1) is 17.0 Å². The molecule has 9 heteroatoms. The Bertz CT molecular complexity index is 1250. The Morgan fingerprint density at radius 1 is 1.18 bits per heavy atom. The second kappa shape index (κ2) is 6.62. The minimum absolute atomic E-state index is 0.00476. The van der Waals surface area contributed by atoms with Gasteiger partial charge in [-0.2, -0.15) is 10.2 Å². The van der Waals surface area contributed by atoms with Crippen molar-refractivity contribution in [1.82, 2.24) is 19.6 Å². The van der Waals surface area contributed by atoms with Gasteiger partial charge in [0.15, 0.2) is 0 Å². The van der Waals surface area contributed by atoms with Gasteiger partial charge in [-0.15, -0.1) is 0 Å². The third-order valence-corrected chi connectivity index (χ3v) is 4.54. The number of nitro benzene ring substituents is 1. The van der Waals surface area contributed by atoms with Crippen molar-refractivity contribution < 1.29 is 9.72 Å². The zero-order valence-electron chi connectivity index (χ0n) is 15.2. The van der Waals surface area contributed by atoms with Gasteiger partial charge in [0.2, 0.25) is 0 Å². The van der Waals surface area contributed by atoms with E-state index in [1.54, 1.807) is 23.6 Å². The van der Waals surface area contributed by atoms with E-state index in [2.05, 4.69) is 15.6 Å². The van der Waals surface area contributed by atoms with E-state index < -0.39 is 4.92 Å². The fraction of sp³-hybridized carbons (Fsp3) is 0.105. The molecule has 0 aliphatic heterocycles. The second-order valence-electron chi connectivity index (χ2n) is 6.29. The first kappa shape index (κ1) is 17.4. The molecule has 0 atom stereocenters. The molecule has 140 valence electrons. The first-order chi connectivity index (χ1) is 13.5. The summed E-state index contributed by atoms with van der Waals surface area (Å²) < 4.78 is 3.67. The van der Waals surface area contributed by atoms with Crippen molar-refractivity contribution in [2.45, 2.75) is 6.92 Å². The van der Waals surface area contributed by atoms with Crippen molar-refractivity contribution in [3.63, 3.8) is 0 Å². The van der Waals surface area contributed by atoms with Gasteiger partial charge in [0, 0.05) is 19.2 Å². The highest BCUT2D eigenvalue weighted by Crippen LogP contribution is 2.24. The van der Waals surface area contributed by atoms with E-state index in [-0.39, 0.29) is 11.6 Å². The number of aromatic nitrogens is 3. The molecule has 0 aliphatic rings. The van der Waals surface area contributed by atoms with Gasteiger partial charge in [0.1, 0.15) is 11.2 Å². The molecule has 2 aromatic carbocycles. The number of imidazole rings is 1. The number of nitro groups is 1. The molecule has 28 heavy (non-hydrogen) atoms. The van der Waals surface area contributed by atoms with E-state index in [0.29, 0.717) is 22.5 Å². The summed E-state index contributed by atoms with van der Waals surface area (Å²) in [5, 5.41) is 19.1. The molecule has 0 bridgehead atoms. The normalized spacial score (nSPS) is 11.5. The van der Waals surface area contributed by atoms with E-state index >= 15 is 0 Å². The number of benzene rings is 2. The summed E-state index contributed by atoms with van der Waals surface area (Å²) in [6.07, 6.45) is 1.43. The predicted molar refractivity (Wildman–Crippen MR) is 105 cm³/mol. The van der Waals surface area contributed by atoms with Crippen LogP contribution in [0.2, 0.25) is 0 Å². The molecule has 0 saturated carbocycles. The summed E-state index contributed by atoms with van der Waals surface area (Å²) in [5.41, 5.74) is 6.73. The molecule has 0 spiro atoms. The predicted octanol–water partition coefficient (Wildman–Crippen LogP) is 2.81. The SMILES string of the molecule is Cc1nn2c3ccccc3n(C)c2c1C(=O)N/N=C\c1ccc([N+](=O)[O-])cc1. The Morgan fingerprint density at radius 2 is 1.86 bits per heavy atom. The van der Waals surface area contributed by atoms with Gasteiger partial charge in [-0.05, 0) is 36.8 Å². The maximum atomic E-state index is 12.7. The van der Waals surface area contributed by atoms with Crippen molar-refractivity contribution in [3.8, 4) is 0 Å². The summed E-state index contributed by atoms with van der Waals surface area (Å²) in [6, 6.07) is 13.6. The van der Waals surface area contributed by atoms with Gasteiger partial charge in [-0.1, -0.05) is 12.1 Å². The van der Waals surface area contributed by atoms with Gasteiger partial charge in [-0.3, -0.25) is 14.9 Å². The number of hydrogen-bond acceptors (Lipinski definition) is 5. The zero-order valence-corrected chi connectivity index (χ0v) is 15.2. The first-order valence-corrected chi connectivity index (χ1v) is 8.48. The van der Waals surface area contributed by atoms with E-state index in [1.807, 2.05) is 35.9 Å². The molecule has 0 radical (unpaired) electrons. The number of nitrogens with one attached hydrogen (secondary N) is 1. The van der Waals surface area contributed by atoms with Crippen LogP contribution in [0.15, 0.2) is 53.6 Å². The van der Waals surface area contributed by atoms with Gasteiger partial charge in [-0.25, -0.2) is 9.94 Å². The van der Waals surface area contributed by atoms with Gasteiger partial charge in [0.25, 0.3) is 11.6 Å². The highest BCUT2D eigenvalue weighted by molar-refractivity contribution is 6.03. The molecule has 0 fully saturated rings. The van der Waals surface area contributed by atoms with E-state index in [4.69, 9.17) is 0 Å². The molecule has 4 rings (SSSR count). The Kier molecular flexibility index (Phi) is 4.11. The standard InChI is InChI=1S/C19H16N6O3/c1-12-17(19-23(2)15-5-3-4-6-16(15)24(19)22-12)18(26)21-20-11-13-7-9-14(10-8-13)25(27)28/h3-11H,1-2H3,(H,21,26)/b20-11-. The lowest BCUT2D eigenvalue weighted by molar-refractivity contribution is -0.384. The molecule has 1 N–H and O–H groups in total.